The van der Waals surface area contributed by atoms with E-state index in [2.05, 4.69) is 11.6 Å². The third-order valence-electron chi connectivity index (χ3n) is 7.15. The Morgan fingerprint density at radius 3 is 2.50 bits per heavy atom. The van der Waals surface area contributed by atoms with Crippen molar-refractivity contribution in [3.8, 4) is 11.5 Å². The second-order valence-electron chi connectivity index (χ2n) is 9.98. The van der Waals surface area contributed by atoms with E-state index in [1.165, 1.54) is 18.1 Å². The van der Waals surface area contributed by atoms with E-state index in [0.29, 0.717) is 34.9 Å². The van der Waals surface area contributed by atoms with Gasteiger partial charge in [-0.15, -0.1) is 0 Å². The molecule has 224 valence electrons. The van der Waals surface area contributed by atoms with Gasteiger partial charge in [0.1, 0.15) is 35.3 Å². The molecule has 1 unspecified atom stereocenters. The summed E-state index contributed by atoms with van der Waals surface area (Å²) < 4.78 is 16.5. The lowest BCUT2D eigenvalue weighted by Gasteiger charge is -2.23. The van der Waals surface area contributed by atoms with Gasteiger partial charge < -0.3 is 19.3 Å². The van der Waals surface area contributed by atoms with Crippen LogP contribution < -0.4 is 14.4 Å². The van der Waals surface area contributed by atoms with Gasteiger partial charge in [0.15, 0.2) is 5.13 Å². The number of nitrogens with zero attached hydrogens (tertiary/aromatic N) is 2. The maximum atomic E-state index is 13.6. The monoisotopic (exact) mass is 610 g/mol. The smallest absolute Gasteiger partial charge is 0.350 e. The molecule has 1 amide bonds. The van der Waals surface area contributed by atoms with Gasteiger partial charge in [0.25, 0.3) is 5.78 Å². The van der Waals surface area contributed by atoms with Gasteiger partial charge in [-0.05, 0) is 66.9 Å². The molecule has 0 bridgehead atoms. The van der Waals surface area contributed by atoms with Crippen molar-refractivity contribution in [1.29, 1.82) is 0 Å². The van der Waals surface area contributed by atoms with E-state index in [1.54, 1.807) is 55.5 Å². The zero-order valence-electron chi connectivity index (χ0n) is 24.4. The first-order valence-corrected chi connectivity index (χ1v) is 14.5. The van der Waals surface area contributed by atoms with Gasteiger partial charge in [-0.1, -0.05) is 60.4 Å². The van der Waals surface area contributed by atoms with Crippen molar-refractivity contribution >= 4 is 39.9 Å². The van der Waals surface area contributed by atoms with E-state index in [9.17, 15) is 19.5 Å². The molecule has 2 heterocycles. The molecule has 3 aromatic carbocycles. The molecule has 0 aliphatic carbocycles. The minimum Gasteiger partial charge on any atom is -0.507 e. The number of anilines is 1. The van der Waals surface area contributed by atoms with Gasteiger partial charge in [0.2, 0.25) is 0 Å². The fourth-order valence-electron chi connectivity index (χ4n) is 4.83. The van der Waals surface area contributed by atoms with Crippen LogP contribution in [0, 0.1) is 13.8 Å². The highest BCUT2D eigenvalue weighted by Gasteiger charge is 2.48. The van der Waals surface area contributed by atoms with Crippen molar-refractivity contribution in [3.63, 3.8) is 0 Å². The predicted octanol–water partition coefficient (Wildman–Crippen LogP) is 6.32. The number of ketones is 1. The average molecular weight is 611 g/mol. The Balaban J connectivity index is 1.53. The van der Waals surface area contributed by atoms with Gasteiger partial charge in [-0.25, -0.2) is 9.78 Å². The molecular weight excluding hydrogens is 580 g/mol. The highest BCUT2D eigenvalue weighted by molar-refractivity contribution is 7.17. The number of rotatable bonds is 10. The molecule has 1 N–H and O–H groups in total. The van der Waals surface area contributed by atoms with Crippen molar-refractivity contribution in [2.75, 3.05) is 18.6 Å². The predicted molar refractivity (Wildman–Crippen MR) is 167 cm³/mol. The van der Waals surface area contributed by atoms with E-state index < -0.39 is 23.7 Å². The minimum atomic E-state index is -1.05. The normalized spacial score (nSPS) is 15.7. The lowest BCUT2D eigenvalue weighted by molar-refractivity contribution is -0.132. The number of carbonyl (C=O) groups is 3. The molecule has 1 saturated heterocycles. The van der Waals surface area contributed by atoms with Crippen LogP contribution in [0.4, 0.5) is 5.13 Å². The number of amides is 1. The molecule has 10 heteroatoms. The highest BCUT2D eigenvalue weighted by Crippen LogP contribution is 2.44. The minimum absolute atomic E-state index is 0.00948. The van der Waals surface area contributed by atoms with Crippen LogP contribution in [-0.2, 0) is 20.9 Å². The van der Waals surface area contributed by atoms with E-state index in [-0.39, 0.29) is 27.9 Å². The lowest BCUT2D eigenvalue weighted by Crippen LogP contribution is -2.29. The van der Waals surface area contributed by atoms with Gasteiger partial charge in [-0.2, -0.15) is 0 Å². The standard InChI is InChI=1S/C34H30N2O7S/c1-5-17-42-33(40)31-21(3)35-34(44-31)36-28(23-11-8-12-26(18-23)41-4)27(30(38)32(36)39)29(37)22-13-15-25(16-14-22)43-19-24-10-7-6-9-20(24)2/h5-16,18,28,37H,1,17,19H2,2-4H3/b29-27+. The molecular formula is C34H30N2O7S. The van der Waals surface area contributed by atoms with Crippen LogP contribution in [-0.4, -0.2) is 41.5 Å². The summed E-state index contributed by atoms with van der Waals surface area (Å²) in [7, 11) is 1.50. The van der Waals surface area contributed by atoms with Crippen LogP contribution in [0.1, 0.15) is 43.7 Å². The fourth-order valence-corrected chi connectivity index (χ4v) is 5.82. The number of esters is 1. The van der Waals surface area contributed by atoms with E-state index in [0.717, 1.165) is 22.5 Å². The number of benzene rings is 3. The second kappa shape index (κ2) is 13.0. The Kier molecular flexibility index (Phi) is 8.91. The first kappa shape index (κ1) is 30.2. The van der Waals surface area contributed by atoms with Crippen LogP contribution in [0.2, 0.25) is 0 Å². The number of ether oxygens (including phenoxy) is 3. The van der Waals surface area contributed by atoms with E-state index >= 15 is 0 Å². The molecule has 9 nitrogen and oxygen atoms in total. The molecule has 0 saturated carbocycles. The van der Waals surface area contributed by atoms with Crippen molar-refractivity contribution in [1.82, 2.24) is 4.98 Å². The third kappa shape index (κ3) is 5.97. The first-order chi connectivity index (χ1) is 21.2. The van der Waals surface area contributed by atoms with Crippen molar-refractivity contribution in [3.05, 3.63) is 124 Å². The van der Waals surface area contributed by atoms with Gasteiger partial charge in [0, 0.05) is 5.56 Å². The number of aliphatic hydroxyl groups excluding tert-OH is 1. The number of hydrogen-bond donors (Lipinski definition) is 1. The maximum Gasteiger partial charge on any atom is 0.350 e. The Hall–Kier alpha value is -5.22. The van der Waals surface area contributed by atoms with Crippen molar-refractivity contribution < 1.29 is 33.7 Å². The zero-order chi connectivity index (χ0) is 31.4. The molecule has 0 spiro atoms. The van der Waals surface area contributed by atoms with E-state index in [4.69, 9.17) is 14.2 Å². The molecule has 1 aliphatic heterocycles. The number of aryl methyl sites for hydroxylation is 2. The molecule has 1 aliphatic rings. The van der Waals surface area contributed by atoms with Crippen molar-refractivity contribution in [2.24, 2.45) is 0 Å². The summed E-state index contributed by atoms with van der Waals surface area (Å²) in [4.78, 5) is 45.6. The SMILES string of the molecule is C=CCOC(=O)c1sc(N2C(=O)C(=O)/C(=C(/O)c3ccc(OCc4ccccc4C)cc3)C2c2cccc(OC)c2)nc1C. The third-order valence-corrected chi connectivity index (χ3v) is 8.28. The van der Waals surface area contributed by atoms with Crippen LogP contribution >= 0.6 is 11.3 Å². The van der Waals surface area contributed by atoms with Crippen LogP contribution in [0.25, 0.3) is 5.76 Å². The Bertz CT molecular complexity index is 1770. The van der Waals surface area contributed by atoms with Crippen LogP contribution in [0.15, 0.2) is 91.0 Å². The largest absolute Gasteiger partial charge is 0.507 e. The number of hydrogen-bond acceptors (Lipinski definition) is 9. The Labute approximate surface area is 258 Å². The van der Waals surface area contributed by atoms with Gasteiger partial charge in [0.05, 0.1) is 24.4 Å². The van der Waals surface area contributed by atoms with Gasteiger partial charge >= 0.3 is 11.9 Å². The molecule has 1 atom stereocenters. The molecule has 44 heavy (non-hydrogen) atoms. The molecule has 1 fully saturated rings. The summed E-state index contributed by atoms with van der Waals surface area (Å²) in [5.74, 6) is -1.69. The summed E-state index contributed by atoms with van der Waals surface area (Å²) in [6.07, 6.45) is 1.44. The Morgan fingerprint density at radius 2 is 1.80 bits per heavy atom. The van der Waals surface area contributed by atoms with Crippen LogP contribution in [0.3, 0.4) is 0 Å². The zero-order valence-corrected chi connectivity index (χ0v) is 25.2. The average Bonchev–Trinajstić information content (AvgIpc) is 3.55. The van der Waals surface area contributed by atoms with Crippen molar-refractivity contribution in [2.45, 2.75) is 26.5 Å². The van der Waals surface area contributed by atoms with E-state index in [1.807, 2.05) is 31.2 Å². The number of aromatic nitrogens is 1. The second-order valence-corrected chi connectivity index (χ2v) is 11.0. The molecule has 4 aromatic rings. The summed E-state index contributed by atoms with van der Waals surface area (Å²) >= 11 is 0.926. The quantitative estimate of drug-likeness (QED) is 0.0730. The van der Waals surface area contributed by atoms with Crippen LogP contribution in [0.5, 0.6) is 11.5 Å². The summed E-state index contributed by atoms with van der Waals surface area (Å²) in [6.45, 7) is 7.55. The fraction of sp³-hybridized carbons (Fsp3) is 0.176. The number of methoxy groups -OCH3 is 1. The first-order valence-electron chi connectivity index (χ1n) is 13.7. The maximum absolute atomic E-state index is 13.6. The topological polar surface area (TPSA) is 115 Å². The summed E-state index contributed by atoms with van der Waals surface area (Å²) in [6, 6.07) is 20.3. The number of Topliss-reactive ketones (excluding diaryl/α,β-unsaturated/α-hetero) is 1. The summed E-state index contributed by atoms with van der Waals surface area (Å²) in [5.41, 5.74) is 3.20. The summed E-state index contributed by atoms with van der Waals surface area (Å²) in [5, 5.41) is 11.6. The lowest BCUT2D eigenvalue weighted by atomic mass is 9.95. The number of aliphatic hydroxyl groups is 1. The molecule has 5 rings (SSSR count). The highest BCUT2D eigenvalue weighted by atomic mass is 32.1. The molecule has 1 aromatic heterocycles. The Morgan fingerprint density at radius 1 is 1.05 bits per heavy atom. The number of thiazole rings is 1. The van der Waals surface area contributed by atoms with Gasteiger partial charge in [-0.3, -0.25) is 14.5 Å². The number of carbonyl (C=O) groups excluding carboxylic acids is 3. The molecule has 0 radical (unpaired) electrons.